The highest BCUT2D eigenvalue weighted by Gasteiger charge is 2.32. The van der Waals surface area contributed by atoms with Crippen molar-refractivity contribution < 1.29 is 22.7 Å². The number of carbonyl (C=O) groups is 1. The number of amides is 2. The molecule has 27 heavy (non-hydrogen) atoms. The zero-order valence-electron chi connectivity index (χ0n) is 13.9. The number of hydrogen-bond donors (Lipinski definition) is 3. The highest BCUT2D eigenvalue weighted by molar-refractivity contribution is 6.33. The molecule has 0 spiro atoms. The van der Waals surface area contributed by atoms with Crippen molar-refractivity contribution in [3.63, 3.8) is 0 Å². The number of hydrogen-bond acceptors (Lipinski definition) is 4. The SMILES string of the molecule is O=C(Nc1ccc(C(F)(F)F)nc1)Nc1ccc([C@@H]2CNCCO2)cc1Cl. The van der Waals surface area contributed by atoms with Gasteiger partial charge in [0.15, 0.2) is 0 Å². The van der Waals surface area contributed by atoms with Gasteiger partial charge in [-0.1, -0.05) is 17.7 Å². The van der Waals surface area contributed by atoms with E-state index in [1.165, 1.54) is 0 Å². The van der Waals surface area contributed by atoms with Crippen LogP contribution in [0, 0.1) is 0 Å². The van der Waals surface area contributed by atoms with Crippen LogP contribution < -0.4 is 16.0 Å². The number of alkyl halides is 3. The van der Waals surface area contributed by atoms with Crippen molar-refractivity contribution in [1.82, 2.24) is 10.3 Å². The Bertz CT molecular complexity index is 809. The predicted octanol–water partition coefficient (Wildman–Crippen LogP) is 4.06. The summed E-state index contributed by atoms with van der Waals surface area (Å²) >= 11 is 6.21. The van der Waals surface area contributed by atoms with E-state index in [2.05, 4.69) is 20.9 Å². The van der Waals surface area contributed by atoms with Crippen LogP contribution in [-0.2, 0) is 10.9 Å². The smallest absolute Gasteiger partial charge is 0.371 e. The second-order valence-electron chi connectivity index (χ2n) is 5.81. The van der Waals surface area contributed by atoms with Crippen molar-refractivity contribution in [3.05, 3.63) is 52.8 Å². The number of nitrogens with one attached hydrogen (secondary N) is 3. The Morgan fingerprint density at radius 1 is 1.26 bits per heavy atom. The monoisotopic (exact) mass is 400 g/mol. The highest BCUT2D eigenvalue weighted by atomic mass is 35.5. The van der Waals surface area contributed by atoms with E-state index in [-0.39, 0.29) is 11.8 Å². The first-order valence-corrected chi connectivity index (χ1v) is 8.44. The number of anilines is 2. The fourth-order valence-electron chi connectivity index (χ4n) is 2.53. The summed E-state index contributed by atoms with van der Waals surface area (Å²) < 4.78 is 43.1. The number of benzene rings is 1. The number of carbonyl (C=O) groups excluding carboxylic acids is 1. The van der Waals surface area contributed by atoms with E-state index < -0.39 is 17.9 Å². The Hall–Kier alpha value is -2.36. The number of aromatic nitrogens is 1. The van der Waals surface area contributed by atoms with E-state index >= 15 is 0 Å². The van der Waals surface area contributed by atoms with Gasteiger partial charge < -0.3 is 20.7 Å². The highest BCUT2D eigenvalue weighted by Crippen LogP contribution is 2.29. The number of ether oxygens (including phenoxy) is 1. The molecule has 10 heteroatoms. The van der Waals surface area contributed by atoms with Crippen molar-refractivity contribution in [1.29, 1.82) is 0 Å². The molecule has 0 unspecified atom stereocenters. The van der Waals surface area contributed by atoms with E-state index in [0.717, 1.165) is 30.4 Å². The Morgan fingerprint density at radius 3 is 2.67 bits per heavy atom. The first kappa shape index (κ1) is 19.4. The first-order chi connectivity index (χ1) is 12.8. The minimum atomic E-state index is -4.53. The second-order valence-corrected chi connectivity index (χ2v) is 6.22. The van der Waals surface area contributed by atoms with E-state index in [0.29, 0.717) is 23.9 Å². The van der Waals surface area contributed by atoms with E-state index in [1.807, 2.05) is 0 Å². The van der Waals surface area contributed by atoms with Crippen LogP contribution in [0.3, 0.4) is 0 Å². The van der Waals surface area contributed by atoms with Gasteiger partial charge in [0, 0.05) is 13.1 Å². The lowest BCUT2D eigenvalue weighted by Crippen LogP contribution is -2.33. The van der Waals surface area contributed by atoms with Gasteiger partial charge in [0.2, 0.25) is 0 Å². The molecule has 1 atom stereocenters. The van der Waals surface area contributed by atoms with E-state index in [1.54, 1.807) is 18.2 Å². The van der Waals surface area contributed by atoms with Gasteiger partial charge in [0.05, 0.1) is 35.3 Å². The van der Waals surface area contributed by atoms with Crippen LogP contribution in [0.1, 0.15) is 17.4 Å². The minimum absolute atomic E-state index is 0.114. The molecule has 0 bridgehead atoms. The number of morpholine rings is 1. The Balaban J connectivity index is 1.62. The van der Waals surface area contributed by atoms with Crippen molar-refractivity contribution >= 4 is 29.0 Å². The Morgan fingerprint density at radius 2 is 2.07 bits per heavy atom. The van der Waals surface area contributed by atoms with Crippen LogP contribution in [0.4, 0.5) is 29.3 Å². The van der Waals surface area contributed by atoms with Gasteiger partial charge in [-0.25, -0.2) is 9.78 Å². The number of halogens is 4. The average Bonchev–Trinajstić information content (AvgIpc) is 2.64. The van der Waals surface area contributed by atoms with Gasteiger partial charge in [0.1, 0.15) is 5.69 Å². The molecule has 1 aliphatic rings. The zero-order valence-corrected chi connectivity index (χ0v) is 14.7. The maximum Gasteiger partial charge on any atom is 0.433 e. The largest absolute Gasteiger partial charge is 0.433 e. The Labute approximate surface area is 158 Å². The number of nitrogens with zero attached hydrogens (tertiary/aromatic N) is 1. The number of urea groups is 1. The van der Waals surface area contributed by atoms with E-state index in [4.69, 9.17) is 16.3 Å². The van der Waals surface area contributed by atoms with Gasteiger partial charge in [-0.3, -0.25) is 0 Å². The van der Waals surface area contributed by atoms with Crippen LogP contribution >= 0.6 is 11.6 Å². The summed E-state index contributed by atoms with van der Waals surface area (Å²) in [5, 5.41) is 8.48. The lowest BCUT2D eigenvalue weighted by atomic mass is 10.1. The average molecular weight is 401 g/mol. The maximum absolute atomic E-state index is 12.5. The van der Waals surface area contributed by atoms with Crippen LogP contribution in [-0.4, -0.2) is 30.7 Å². The van der Waals surface area contributed by atoms with Crippen LogP contribution in [0.2, 0.25) is 5.02 Å². The third-order valence-electron chi connectivity index (χ3n) is 3.85. The molecule has 3 rings (SSSR count). The summed E-state index contributed by atoms with van der Waals surface area (Å²) in [6.45, 7) is 2.07. The third-order valence-corrected chi connectivity index (χ3v) is 4.17. The van der Waals surface area contributed by atoms with Crippen LogP contribution in [0.15, 0.2) is 36.5 Å². The van der Waals surface area contributed by atoms with Gasteiger partial charge >= 0.3 is 12.2 Å². The molecule has 144 valence electrons. The van der Waals surface area contributed by atoms with Crippen LogP contribution in [0.5, 0.6) is 0 Å². The summed E-state index contributed by atoms with van der Waals surface area (Å²) in [5.41, 5.74) is 0.327. The van der Waals surface area contributed by atoms with Crippen molar-refractivity contribution in [3.8, 4) is 0 Å². The maximum atomic E-state index is 12.5. The minimum Gasteiger partial charge on any atom is -0.371 e. The molecular weight excluding hydrogens is 385 g/mol. The third kappa shape index (κ3) is 5.09. The summed E-state index contributed by atoms with van der Waals surface area (Å²) in [6.07, 6.45) is -3.72. The topological polar surface area (TPSA) is 75.3 Å². The van der Waals surface area contributed by atoms with Crippen molar-refractivity contribution in [2.75, 3.05) is 30.3 Å². The summed E-state index contributed by atoms with van der Waals surface area (Å²) in [5.74, 6) is 0. The van der Waals surface area contributed by atoms with Gasteiger partial charge in [-0.2, -0.15) is 13.2 Å². The number of pyridine rings is 1. The first-order valence-electron chi connectivity index (χ1n) is 8.06. The lowest BCUT2D eigenvalue weighted by Gasteiger charge is -2.24. The number of rotatable bonds is 3. The van der Waals surface area contributed by atoms with Gasteiger partial charge in [0.25, 0.3) is 0 Å². The molecule has 1 aromatic heterocycles. The van der Waals surface area contributed by atoms with E-state index in [9.17, 15) is 18.0 Å². The molecule has 1 saturated heterocycles. The summed E-state index contributed by atoms with van der Waals surface area (Å²) in [4.78, 5) is 15.3. The molecule has 1 aromatic carbocycles. The van der Waals surface area contributed by atoms with Gasteiger partial charge in [-0.05, 0) is 29.8 Å². The summed E-state index contributed by atoms with van der Waals surface area (Å²) in [7, 11) is 0. The lowest BCUT2D eigenvalue weighted by molar-refractivity contribution is -0.141. The molecule has 0 aliphatic carbocycles. The van der Waals surface area contributed by atoms with Gasteiger partial charge in [-0.15, -0.1) is 0 Å². The molecule has 2 aromatic rings. The molecule has 0 radical (unpaired) electrons. The van der Waals surface area contributed by atoms with Crippen molar-refractivity contribution in [2.45, 2.75) is 12.3 Å². The molecular formula is C17H16ClF3N4O2. The van der Waals surface area contributed by atoms with Crippen molar-refractivity contribution in [2.24, 2.45) is 0 Å². The molecule has 3 N–H and O–H groups in total. The molecule has 0 saturated carbocycles. The fraction of sp³-hybridized carbons (Fsp3) is 0.294. The molecule has 2 amide bonds. The zero-order chi connectivity index (χ0) is 19.4. The van der Waals surface area contributed by atoms with Crippen LogP contribution in [0.25, 0.3) is 0 Å². The molecule has 2 heterocycles. The normalized spacial score (nSPS) is 17.4. The molecule has 1 aliphatic heterocycles. The molecule has 1 fully saturated rings. The second kappa shape index (κ2) is 8.12. The summed E-state index contributed by atoms with van der Waals surface area (Å²) in [6, 6.07) is 6.39. The standard InChI is InChI=1S/C17H16ClF3N4O2/c18-12-7-10(14-9-22-5-6-27-14)1-3-13(12)25-16(26)24-11-2-4-15(23-8-11)17(19,20)21/h1-4,7-8,14,22H,5-6,9H2,(H2,24,25,26)/t14-/m0/s1. The Kier molecular flexibility index (Phi) is 5.83. The molecule has 6 nitrogen and oxygen atoms in total. The predicted molar refractivity (Wildman–Crippen MR) is 94.9 cm³/mol. The fourth-order valence-corrected chi connectivity index (χ4v) is 2.77. The quantitative estimate of drug-likeness (QED) is 0.726.